The van der Waals surface area contributed by atoms with Crippen LogP contribution < -0.4 is 0 Å². The number of likely N-dealkylation sites (tertiary alicyclic amines) is 1. The predicted octanol–water partition coefficient (Wildman–Crippen LogP) is 3.69. The number of amides is 1. The molecule has 1 amide bonds. The van der Waals surface area contributed by atoms with Gasteiger partial charge in [-0.15, -0.1) is 0 Å². The molecule has 1 aliphatic carbocycles. The lowest BCUT2D eigenvalue weighted by molar-refractivity contribution is 0.0569. The van der Waals surface area contributed by atoms with Crippen LogP contribution in [0.25, 0.3) is 0 Å². The summed E-state index contributed by atoms with van der Waals surface area (Å²) in [6.45, 7) is 2.10. The molecule has 5 heteroatoms. The standard InChI is InChI=1S/C16H20Cl2N2O/c1-19-8-6-13(7-9-19)20(12-3-4-12)16(21)14-5-2-11(17)10-15(14)18/h2,5,10,12-13H,3-4,6-9H2,1H3. The van der Waals surface area contributed by atoms with Crippen molar-refractivity contribution in [2.24, 2.45) is 0 Å². The van der Waals surface area contributed by atoms with E-state index in [2.05, 4.69) is 16.8 Å². The summed E-state index contributed by atoms with van der Waals surface area (Å²) in [5.41, 5.74) is 0.576. The Balaban J connectivity index is 1.82. The van der Waals surface area contributed by atoms with Gasteiger partial charge in [0.2, 0.25) is 0 Å². The summed E-state index contributed by atoms with van der Waals surface area (Å²) < 4.78 is 0. The van der Waals surface area contributed by atoms with Gasteiger partial charge in [-0.1, -0.05) is 23.2 Å². The number of rotatable bonds is 3. The van der Waals surface area contributed by atoms with E-state index in [1.54, 1.807) is 18.2 Å². The SMILES string of the molecule is CN1CCC(N(C(=O)c2ccc(Cl)cc2Cl)C2CC2)CC1. The Labute approximate surface area is 135 Å². The number of halogens is 2. The first-order valence-corrected chi connectivity index (χ1v) is 8.28. The van der Waals surface area contributed by atoms with Crippen LogP contribution in [0.4, 0.5) is 0 Å². The Kier molecular flexibility index (Phi) is 4.43. The van der Waals surface area contributed by atoms with Crippen molar-refractivity contribution >= 4 is 29.1 Å². The van der Waals surface area contributed by atoms with Gasteiger partial charge in [0.1, 0.15) is 0 Å². The Morgan fingerprint density at radius 2 is 1.76 bits per heavy atom. The Hall–Kier alpha value is -0.770. The number of benzene rings is 1. The number of carbonyl (C=O) groups is 1. The highest BCUT2D eigenvalue weighted by atomic mass is 35.5. The number of hydrogen-bond acceptors (Lipinski definition) is 2. The van der Waals surface area contributed by atoms with Gasteiger partial charge in [-0.25, -0.2) is 0 Å². The van der Waals surface area contributed by atoms with E-state index in [1.165, 1.54) is 0 Å². The molecule has 1 saturated heterocycles. The first-order valence-electron chi connectivity index (χ1n) is 7.52. The van der Waals surface area contributed by atoms with Crippen molar-refractivity contribution in [3.8, 4) is 0 Å². The Morgan fingerprint density at radius 1 is 1.14 bits per heavy atom. The van der Waals surface area contributed by atoms with Gasteiger partial charge in [0.15, 0.2) is 0 Å². The molecule has 2 aliphatic rings. The van der Waals surface area contributed by atoms with Gasteiger partial charge >= 0.3 is 0 Å². The van der Waals surface area contributed by atoms with E-state index in [1.807, 2.05) is 0 Å². The van der Waals surface area contributed by atoms with Crippen LogP contribution in [-0.4, -0.2) is 47.9 Å². The number of hydrogen-bond donors (Lipinski definition) is 0. The molecule has 1 aromatic carbocycles. The normalized spacial score (nSPS) is 20.5. The summed E-state index contributed by atoms with van der Waals surface area (Å²) in [7, 11) is 2.13. The number of carbonyl (C=O) groups excluding carboxylic acids is 1. The van der Waals surface area contributed by atoms with Gasteiger partial charge in [-0.2, -0.15) is 0 Å². The fourth-order valence-corrected chi connectivity index (χ4v) is 3.55. The van der Waals surface area contributed by atoms with Gasteiger partial charge in [-0.3, -0.25) is 4.79 Å². The number of nitrogens with zero attached hydrogens (tertiary/aromatic N) is 2. The summed E-state index contributed by atoms with van der Waals surface area (Å²) in [4.78, 5) is 17.3. The minimum Gasteiger partial charge on any atom is -0.333 e. The third-order valence-electron chi connectivity index (χ3n) is 4.42. The van der Waals surface area contributed by atoms with Crippen LogP contribution in [0.3, 0.4) is 0 Å². The maximum Gasteiger partial charge on any atom is 0.255 e. The molecule has 1 aromatic rings. The van der Waals surface area contributed by atoms with E-state index < -0.39 is 0 Å². The molecule has 0 N–H and O–H groups in total. The van der Waals surface area contributed by atoms with Crippen molar-refractivity contribution < 1.29 is 4.79 Å². The first-order chi connectivity index (χ1) is 10.1. The van der Waals surface area contributed by atoms with Crippen molar-refractivity contribution in [3.05, 3.63) is 33.8 Å². The van der Waals surface area contributed by atoms with E-state index in [0.717, 1.165) is 38.8 Å². The molecule has 1 aliphatic heterocycles. The van der Waals surface area contributed by atoms with E-state index in [0.29, 0.717) is 27.7 Å². The zero-order valence-corrected chi connectivity index (χ0v) is 13.7. The second kappa shape index (κ2) is 6.15. The van der Waals surface area contributed by atoms with E-state index >= 15 is 0 Å². The average Bonchev–Trinajstić information content (AvgIpc) is 3.26. The van der Waals surface area contributed by atoms with Crippen LogP contribution in [0.2, 0.25) is 10.0 Å². The largest absolute Gasteiger partial charge is 0.333 e. The predicted molar refractivity (Wildman–Crippen MR) is 86.2 cm³/mol. The van der Waals surface area contributed by atoms with Crippen molar-refractivity contribution in [1.82, 2.24) is 9.80 Å². The number of piperidine rings is 1. The van der Waals surface area contributed by atoms with Crippen LogP contribution in [0.1, 0.15) is 36.0 Å². The highest BCUT2D eigenvalue weighted by Crippen LogP contribution is 2.34. The maximum absolute atomic E-state index is 12.9. The third kappa shape index (κ3) is 3.36. The molecule has 2 fully saturated rings. The highest BCUT2D eigenvalue weighted by molar-refractivity contribution is 6.36. The van der Waals surface area contributed by atoms with Crippen molar-refractivity contribution in [2.45, 2.75) is 37.8 Å². The molecule has 0 spiro atoms. The van der Waals surface area contributed by atoms with Crippen LogP contribution in [0, 0.1) is 0 Å². The first kappa shape index (κ1) is 15.1. The zero-order valence-electron chi connectivity index (χ0n) is 12.2. The molecular formula is C16H20Cl2N2O. The van der Waals surface area contributed by atoms with Gasteiger partial charge in [0.05, 0.1) is 10.6 Å². The summed E-state index contributed by atoms with van der Waals surface area (Å²) in [6, 6.07) is 5.87. The summed E-state index contributed by atoms with van der Waals surface area (Å²) in [5, 5.41) is 1.01. The second-order valence-corrected chi connectivity index (χ2v) is 6.95. The van der Waals surface area contributed by atoms with Crippen molar-refractivity contribution in [1.29, 1.82) is 0 Å². The average molecular weight is 327 g/mol. The maximum atomic E-state index is 12.9. The lowest BCUT2D eigenvalue weighted by atomic mass is 10.0. The molecule has 0 aromatic heterocycles. The van der Waals surface area contributed by atoms with Crippen LogP contribution in [0.15, 0.2) is 18.2 Å². The third-order valence-corrected chi connectivity index (χ3v) is 4.97. The van der Waals surface area contributed by atoms with Crippen LogP contribution >= 0.6 is 23.2 Å². The van der Waals surface area contributed by atoms with Gasteiger partial charge in [-0.05, 0) is 64.0 Å². The summed E-state index contributed by atoms with van der Waals surface area (Å²) in [5.74, 6) is 0.0636. The lowest BCUT2D eigenvalue weighted by Crippen LogP contribution is -2.47. The molecule has 0 atom stereocenters. The molecule has 114 valence electrons. The monoisotopic (exact) mass is 326 g/mol. The van der Waals surface area contributed by atoms with Gasteiger partial charge in [0, 0.05) is 17.1 Å². The minimum atomic E-state index is 0.0636. The molecule has 0 radical (unpaired) electrons. The van der Waals surface area contributed by atoms with E-state index in [-0.39, 0.29) is 5.91 Å². The quantitative estimate of drug-likeness (QED) is 0.845. The fourth-order valence-electron chi connectivity index (χ4n) is 3.06. The molecule has 0 unspecified atom stereocenters. The molecular weight excluding hydrogens is 307 g/mol. The molecule has 21 heavy (non-hydrogen) atoms. The fraction of sp³-hybridized carbons (Fsp3) is 0.562. The highest BCUT2D eigenvalue weighted by Gasteiger charge is 2.39. The van der Waals surface area contributed by atoms with Gasteiger partial charge < -0.3 is 9.80 Å². The molecule has 0 bridgehead atoms. The molecule has 1 heterocycles. The summed E-state index contributed by atoms with van der Waals surface area (Å²) in [6.07, 6.45) is 4.32. The Morgan fingerprint density at radius 3 is 2.33 bits per heavy atom. The molecule has 3 nitrogen and oxygen atoms in total. The van der Waals surface area contributed by atoms with Crippen molar-refractivity contribution in [2.75, 3.05) is 20.1 Å². The molecule has 3 rings (SSSR count). The second-order valence-electron chi connectivity index (χ2n) is 6.10. The Bertz CT molecular complexity index is 537. The van der Waals surface area contributed by atoms with Crippen LogP contribution in [0.5, 0.6) is 0 Å². The topological polar surface area (TPSA) is 23.6 Å². The molecule has 1 saturated carbocycles. The van der Waals surface area contributed by atoms with E-state index in [9.17, 15) is 4.79 Å². The van der Waals surface area contributed by atoms with Gasteiger partial charge in [0.25, 0.3) is 5.91 Å². The van der Waals surface area contributed by atoms with Crippen LogP contribution in [-0.2, 0) is 0 Å². The van der Waals surface area contributed by atoms with E-state index in [4.69, 9.17) is 23.2 Å². The zero-order chi connectivity index (χ0) is 15.0. The smallest absolute Gasteiger partial charge is 0.255 e. The minimum absolute atomic E-state index is 0.0636. The summed E-state index contributed by atoms with van der Waals surface area (Å²) >= 11 is 12.1. The lowest BCUT2D eigenvalue weighted by Gasteiger charge is -2.37. The van der Waals surface area contributed by atoms with Crippen molar-refractivity contribution in [3.63, 3.8) is 0 Å².